The van der Waals surface area contributed by atoms with E-state index in [9.17, 15) is 4.79 Å². The minimum Gasteiger partial charge on any atom is -0.351 e. The lowest BCUT2D eigenvalue weighted by Gasteiger charge is -2.52. The number of rotatable bonds is 1. The monoisotopic (exact) mass is 169 g/mol. The Morgan fingerprint density at radius 2 is 2.00 bits per heavy atom. The van der Waals surface area contributed by atoms with Crippen LogP contribution in [0.25, 0.3) is 0 Å². The van der Waals surface area contributed by atoms with Gasteiger partial charge < -0.3 is 5.32 Å². The van der Waals surface area contributed by atoms with E-state index in [-0.39, 0.29) is 16.7 Å². The van der Waals surface area contributed by atoms with Gasteiger partial charge in [-0.15, -0.1) is 0 Å². The third-order valence-corrected chi connectivity index (χ3v) is 3.03. The van der Waals surface area contributed by atoms with Gasteiger partial charge in [0.25, 0.3) is 0 Å². The zero-order chi connectivity index (χ0) is 9.57. The Kier molecular flexibility index (Phi) is 1.97. The van der Waals surface area contributed by atoms with Crippen molar-refractivity contribution >= 4 is 5.91 Å². The molecule has 0 aromatic rings. The van der Waals surface area contributed by atoms with Gasteiger partial charge in [0.1, 0.15) is 0 Å². The Labute approximate surface area is 74.7 Å². The van der Waals surface area contributed by atoms with Crippen molar-refractivity contribution in [2.45, 2.75) is 47.1 Å². The highest BCUT2D eigenvalue weighted by Gasteiger charge is 2.54. The average Bonchev–Trinajstić information content (AvgIpc) is 1.96. The van der Waals surface area contributed by atoms with E-state index in [1.54, 1.807) is 0 Å². The summed E-state index contributed by atoms with van der Waals surface area (Å²) in [6, 6.07) is 0.336. The fourth-order valence-electron chi connectivity index (χ4n) is 2.05. The Hall–Kier alpha value is -0.530. The molecule has 70 valence electrons. The molecule has 0 saturated carbocycles. The van der Waals surface area contributed by atoms with Gasteiger partial charge in [-0.25, -0.2) is 0 Å². The number of nitrogens with one attached hydrogen (secondary N) is 1. The lowest BCUT2D eigenvalue weighted by atomic mass is 9.62. The molecule has 0 radical (unpaired) electrons. The van der Waals surface area contributed by atoms with E-state index in [4.69, 9.17) is 0 Å². The lowest BCUT2D eigenvalue weighted by Crippen LogP contribution is -2.69. The number of carbonyl (C=O) groups excluding carboxylic acids is 1. The van der Waals surface area contributed by atoms with Crippen LogP contribution < -0.4 is 5.32 Å². The molecule has 0 bridgehead atoms. The zero-order valence-corrected chi connectivity index (χ0v) is 8.69. The summed E-state index contributed by atoms with van der Waals surface area (Å²) in [5.74, 6) is 0.213. The van der Waals surface area contributed by atoms with E-state index < -0.39 is 0 Å². The van der Waals surface area contributed by atoms with Crippen LogP contribution >= 0.6 is 0 Å². The molecule has 2 nitrogen and oxygen atoms in total. The van der Waals surface area contributed by atoms with Crippen LogP contribution in [0.1, 0.15) is 41.0 Å². The molecular formula is C10H19NO. The van der Waals surface area contributed by atoms with Crippen molar-refractivity contribution in [2.24, 2.45) is 10.8 Å². The van der Waals surface area contributed by atoms with Crippen molar-refractivity contribution in [3.05, 3.63) is 0 Å². The molecule has 2 unspecified atom stereocenters. The molecule has 1 amide bonds. The van der Waals surface area contributed by atoms with E-state index in [2.05, 4.69) is 39.9 Å². The first kappa shape index (κ1) is 9.56. The molecule has 1 saturated heterocycles. The molecule has 1 fully saturated rings. The Bertz CT molecular complexity index is 204. The van der Waals surface area contributed by atoms with Crippen LogP contribution in [0.5, 0.6) is 0 Å². The second-order valence-electron chi connectivity index (χ2n) is 5.04. The Morgan fingerprint density at radius 3 is 2.17 bits per heavy atom. The Morgan fingerprint density at radius 1 is 1.50 bits per heavy atom. The molecule has 1 aliphatic rings. The average molecular weight is 169 g/mol. The first-order chi connectivity index (χ1) is 5.32. The number of amides is 1. The van der Waals surface area contributed by atoms with E-state index >= 15 is 0 Å². The molecule has 1 rings (SSSR count). The van der Waals surface area contributed by atoms with Crippen LogP contribution in [0, 0.1) is 10.8 Å². The minimum absolute atomic E-state index is 0.127. The maximum Gasteiger partial charge on any atom is 0.228 e. The van der Waals surface area contributed by atoms with Crippen molar-refractivity contribution in [1.82, 2.24) is 5.32 Å². The summed E-state index contributed by atoms with van der Waals surface area (Å²) in [4.78, 5) is 11.3. The lowest BCUT2D eigenvalue weighted by molar-refractivity contribution is -0.150. The third-order valence-electron chi connectivity index (χ3n) is 3.03. The van der Waals surface area contributed by atoms with E-state index in [0.717, 1.165) is 6.42 Å². The van der Waals surface area contributed by atoms with Crippen molar-refractivity contribution < 1.29 is 4.79 Å². The molecule has 0 aromatic carbocycles. The van der Waals surface area contributed by atoms with Gasteiger partial charge >= 0.3 is 0 Å². The molecule has 12 heavy (non-hydrogen) atoms. The summed E-state index contributed by atoms with van der Waals surface area (Å²) in [6.45, 7) is 10.7. The van der Waals surface area contributed by atoms with Crippen LogP contribution in [0.2, 0.25) is 0 Å². The van der Waals surface area contributed by atoms with Crippen LogP contribution in [0.4, 0.5) is 0 Å². The molecule has 1 heterocycles. The first-order valence-corrected chi connectivity index (χ1v) is 4.63. The summed E-state index contributed by atoms with van der Waals surface area (Å²) >= 11 is 0. The van der Waals surface area contributed by atoms with Gasteiger partial charge in [-0.1, -0.05) is 27.7 Å². The molecule has 0 aromatic heterocycles. The van der Waals surface area contributed by atoms with Crippen molar-refractivity contribution in [3.63, 3.8) is 0 Å². The number of β-lactam (4-membered cyclic amide) rings is 1. The highest BCUT2D eigenvalue weighted by Crippen LogP contribution is 2.42. The summed E-state index contributed by atoms with van der Waals surface area (Å²) < 4.78 is 0. The molecule has 1 N–H and O–H groups in total. The van der Waals surface area contributed by atoms with Gasteiger partial charge in [-0.05, 0) is 18.8 Å². The topological polar surface area (TPSA) is 29.1 Å². The summed E-state index contributed by atoms with van der Waals surface area (Å²) in [7, 11) is 0. The standard InChI is InChI=1S/C10H19NO/c1-6-10(5)7(9(2,3)4)11-8(10)12/h7H,6H2,1-5H3,(H,11,12). The summed E-state index contributed by atoms with van der Waals surface area (Å²) in [5, 5.41) is 2.99. The van der Waals surface area contributed by atoms with Crippen LogP contribution in [-0.2, 0) is 4.79 Å². The summed E-state index contributed by atoms with van der Waals surface area (Å²) in [6.07, 6.45) is 0.931. The highest BCUT2D eigenvalue weighted by atomic mass is 16.2. The molecule has 1 aliphatic heterocycles. The number of hydrogen-bond acceptors (Lipinski definition) is 1. The molecule has 2 atom stereocenters. The largest absolute Gasteiger partial charge is 0.351 e. The Balaban J connectivity index is 2.80. The maximum absolute atomic E-state index is 11.3. The van der Waals surface area contributed by atoms with Crippen LogP contribution in [0.15, 0.2) is 0 Å². The van der Waals surface area contributed by atoms with Crippen molar-refractivity contribution in [2.75, 3.05) is 0 Å². The molecule has 0 spiro atoms. The molecular weight excluding hydrogens is 150 g/mol. The third kappa shape index (κ3) is 1.13. The van der Waals surface area contributed by atoms with Gasteiger partial charge in [0.2, 0.25) is 5.91 Å². The SMILES string of the molecule is CCC1(C)C(=O)NC1C(C)(C)C. The summed E-state index contributed by atoms with van der Waals surface area (Å²) in [5.41, 5.74) is 0.0525. The van der Waals surface area contributed by atoms with Gasteiger partial charge in [-0.3, -0.25) is 4.79 Å². The van der Waals surface area contributed by atoms with Gasteiger partial charge in [0, 0.05) is 6.04 Å². The van der Waals surface area contributed by atoms with Gasteiger partial charge in [0.15, 0.2) is 0 Å². The maximum atomic E-state index is 11.3. The van der Waals surface area contributed by atoms with Crippen molar-refractivity contribution in [3.8, 4) is 0 Å². The van der Waals surface area contributed by atoms with E-state index in [1.165, 1.54) is 0 Å². The van der Waals surface area contributed by atoms with Crippen LogP contribution in [0.3, 0.4) is 0 Å². The second kappa shape index (κ2) is 2.48. The van der Waals surface area contributed by atoms with Gasteiger partial charge in [-0.2, -0.15) is 0 Å². The van der Waals surface area contributed by atoms with Crippen molar-refractivity contribution in [1.29, 1.82) is 0 Å². The predicted molar refractivity (Wildman–Crippen MR) is 49.8 cm³/mol. The van der Waals surface area contributed by atoms with E-state index in [0.29, 0.717) is 6.04 Å². The first-order valence-electron chi connectivity index (χ1n) is 4.63. The second-order valence-corrected chi connectivity index (χ2v) is 5.04. The highest BCUT2D eigenvalue weighted by molar-refractivity contribution is 5.89. The van der Waals surface area contributed by atoms with Gasteiger partial charge in [0.05, 0.1) is 5.41 Å². The minimum atomic E-state index is -0.127. The molecule has 2 heteroatoms. The normalized spacial score (nSPS) is 35.8. The fourth-order valence-corrected chi connectivity index (χ4v) is 2.05. The zero-order valence-electron chi connectivity index (χ0n) is 8.69. The molecule has 0 aliphatic carbocycles. The number of hydrogen-bond donors (Lipinski definition) is 1. The van der Waals surface area contributed by atoms with E-state index in [1.807, 2.05) is 0 Å². The van der Waals surface area contributed by atoms with Crippen LogP contribution in [-0.4, -0.2) is 11.9 Å². The quantitative estimate of drug-likeness (QED) is 0.597. The predicted octanol–water partition coefficient (Wildman–Crippen LogP) is 1.95. The number of carbonyl (C=O) groups is 1. The fraction of sp³-hybridized carbons (Fsp3) is 0.900. The smallest absolute Gasteiger partial charge is 0.228 e.